The van der Waals surface area contributed by atoms with Crippen LogP contribution in [0.2, 0.25) is 0 Å². The number of nitrogens with one attached hydrogen (secondary N) is 2. The largest absolute Gasteiger partial charge is 0.465 e. The normalized spacial score (nSPS) is 25.2. The van der Waals surface area contributed by atoms with Crippen LogP contribution in [0, 0.1) is 24.7 Å². The lowest BCUT2D eigenvalue weighted by Crippen LogP contribution is -2.41. The van der Waals surface area contributed by atoms with Crippen molar-refractivity contribution in [2.75, 3.05) is 7.11 Å². The molecule has 1 amide bonds. The van der Waals surface area contributed by atoms with Crippen LogP contribution in [0.25, 0.3) is 0 Å². The van der Waals surface area contributed by atoms with E-state index in [9.17, 15) is 14.4 Å². The number of Topliss-reactive ketones (excluding diaryl/α,β-unsaturated/α-hetero) is 1. The van der Waals surface area contributed by atoms with Crippen molar-refractivity contribution in [2.24, 2.45) is 17.8 Å². The zero-order chi connectivity index (χ0) is 19.0. The molecule has 2 aliphatic carbocycles. The molecule has 4 atom stereocenters. The van der Waals surface area contributed by atoms with Crippen LogP contribution in [-0.4, -0.2) is 35.8 Å². The molecule has 2 bridgehead atoms. The van der Waals surface area contributed by atoms with Gasteiger partial charge in [0.25, 0.3) is 0 Å². The van der Waals surface area contributed by atoms with Gasteiger partial charge in [-0.1, -0.05) is 6.42 Å². The van der Waals surface area contributed by atoms with Crippen molar-refractivity contribution in [2.45, 2.75) is 58.9 Å². The molecule has 0 unspecified atom stereocenters. The fourth-order valence-corrected chi connectivity index (χ4v) is 5.00. The Morgan fingerprint density at radius 2 is 2.00 bits per heavy atom. The van der Waals surface area contributed by atoms with E-state index in [1.807, 2.05) is 0 Å². The third-order valence-electron chi connectivity index (χ3n) is 6.23. The fourth-order valence-electron chi connectivity index (χ4n) is 5.00. The van der Waals surface area contributed by atoms with Crippen molar-refractivity contribution in [3.8, 4) is 0 Å². The highest BCUT2D eigenvalue weighted by Crippen LogP contribution is 2.49. The molecule has 2 fully saturated rings. The van der Waals surface area contributed by atoms with Crippen LogP contribution < -0.4 is 5.32 Å². The van der Waals surface area contributed by atoms with Gasteiger partial charge in [-0.2, -0.15) is 0 Å². The van der Waals surface area contributed by atoms with Crippen molar-refractivity contribution >= 4 is 17.7 Å². The van der Waals surface area contributed by atoms with E-state index >= 15 is 0 Å². The summed E-state index contributed by atoms with van der Waals surface area (Å²) in [7, 11) is 1.29. The number of carbonyl (C=O) groups excluding carboxylic acids is 3. The van der Waals surface area contributed by atoms with Crippen molar-refractivity contribution in [1.29, 1.82) is 0 Å². The Hall–Kier alpha value is -2.11. The number of ether oxygens (including phenoxy) is 1. The molecule has 6 heteroatoms. The minimum Gasteiger partial charge on any atom is -0.465 e. The van der Waals surface area contributed by atoms with E-state index in [1.54, 1.807) is 6.92 Å². The third kappa shape index (κ3) is 3.41. The summed E-state index contributed by atoms with van der Waals surface area (Å²) in [6.45, 7) is 5.20. The summed E-state index contributed by atoms with van der Waals surface area (Å²) >= 11 is 0. The molecule has 1 aromatic heterocycles. The number of amides is 1. The van der Waals surface area contributed by atoms with E-state index in [0.717, 1.165) is 11.8 Å². The molecule has 0 aliphatic heterocycles. The first-order valence-corrected chi connectivity index (χ1v) is 9.41. The van der Waals surface area contributed by atoms with E-state index in [-0.39, 0.29) is 24.2 Å². The molecular formula is C20H28N2O4. The number of aromatic nitrogens is 1. The second-order valence-electron chi connectivity index (χ2n) is 7.90. The van der Waals surface area contributed by atoms with Gasteiger partial charge in [-0.25, -0.2) is 4.79 Å². The minimum atomic E-state index is -0.532. The van der Waals surface area contributed by atoms with Gasteiger partial charge in [0.1, 0.15) is 0 Å². The van der Waals surface area contributed by atoms with Gasteiger partial charge in [-0.15, -0.1) is 0 Å². The van der Waals surface area contributed by atoms with Crippen LogP contribution in [0.4, 0.5) is 0 Å². The van der Waals surface area contributed by atoms with Crippen molar-refractivity contribution in [3.05, 3.63) is 22.5 Å². The van der Waals surface area contributed by atoms with Crippen LogP contribution in [0.1, 0.15) is 71.6 Å². The Kier molecular flexibility index (Phi) is 5.21. The fraction of sp³-hybridized carbons (Fsp3) is 0.650. The molecule has 1 aromatic rings. The van der Waals surface area contributed by atoms with E-state index in [2.05, 4.69) is 17.2 Å². The first-order valence-electron chi connectivity index (χ1n) is 9.41. The summed E-state index contributed by atoms with van der Waals surface area (Å²) in [5.41, 5.74) is 1.63. The molecule has 1 heterocycles. The zero-order valence-corrected chi connectivity index (χ0v) is 16.0. The van der Waals surface area contributed by atoms with E-state index in [1.165, 1.54) is 39.7 Å². The van der Waals surface area contributed by atoms with Crippen LogP contribution in [0.15, 0.2) is 0 Å². The molecule has 142 valence electrons. The summed E-state index contributed by atoms with van der Waals surface area (Å²) in [5.74, 6) is 1.28. The van der Waals surface area contributed by atoms with Crippen LogP contribution in [-0.2, 0) is 16.0 Å². The van der Waals surface area contributed by atoms with Crippen LogP contribution in [0.3, 0.4) is 0 Å². The number of rotatable bonds is 6. The first-order chi connectivity index (χ1) is 12.3. The molecule has 6 nitrogen and oxygen atoms in total. The third-order valence-corrected chi connectivity index (χ3v) is 6.23. The summed E-state index contributed by atoms with van der Waals surface area (Å²) in [6.07, 6.45) is 5.15. The summed E-state index contributed by atoms with van der Waals surface area (Å²) < 4.78 is 4.83. The predicted octanol–water partition coefficient (Wildman–Crippen LogP) is 2.80. The predicted molar refractivity (Wildman–Crippen MR) is 97.1 cm³/mol. The van der Waals surface area contributed by atoms with Gasteiger partial charge in [-0.05, 0) is 56.4 Å². The second kappa shape index (κ2) is 7.25. The number of H-pyrrole nitrogens is 1. The average molecular weight is 360 g/mol. The maximum atomic E-state index is 12.6. The van der Waals surface area contributed by atoms with E-state index in [0.29, 0.717) is 28.4 Å². The van der Waals surface area contributed by atoms with Gasteiger partial charge in [0.05, 0.1) is 24.8 Å². The molecule has 0 saturated heterocycles. The SMILES string of the molecule is COC(=O)c1c(CC(=O)N[C@@H](C)[C@H]2C[C@H]3CC[C@H]2C3)[nH]c(C(C)=O)c1C. The number of carbonyl (C=O) groups is 3. The lowest BCUT2D eigenvalue weighted by atomic mass is 9.84. The zero-order valence-electron chi connectivity index (χ0n) is 16.0. The van der Waals surface area contributed by atoms with E-state index in [4.69, 9.17) is 4.74 Å². The molecule has 3 rings (SSSR count). The van der Waals surface area contributed by atoms with Crippen LogP contribution in [0.5, 0.6) is 0 Å². The van der Waals surface area contributed by atoms with Gasteiger partial charge in [0, 0.05) is 18.7 Å². The van der Waals surface area contributed by atoms with Crippen molar-refractivity contribution < 1.29 is 19.1 Å². The number of methoxy groups -OCH3 is 1. The molecule has 2 saturated carbocycles. The van der Waals surface area contributed by atoms with Gasteiger partial charge in [0.15, 0.2) is 5.78 Å². The lowest BCUT2D eigenvalue weighted by Gasteiger charge is -2.28. The van der Waals surface area contributed by atoms with Gasteiger partial charge < -0.3 is 15.0 Å². The number of fused-ring (bicyclic) bond motifs is 2. The number of ketones is 1. The molecule has 0 radical (unpaired) electrons. The maximum Gasteiger partial charge on any atom is 0.339 e. The minimum absolute atomic E-state index is 0.0315. The highest BCUT2D eigenvalue weighted by molar-refractivity contribution is 6.01. The summed E-state index contributed by atoms with van der Waals surface area (Å²) in [5, 5.41) is 3.10. The van der Waals surface area contributed by atoms with Crippen molar-refractivity contribution in [3.63, 3.8) is 0 Å². The van der Waals surface area contributed by atoms with E-state index < -0.39 is 5.97 Å². The maximum absolute atomic E-state index is 12.6. The number of esters is 1. The number of hydrogen-bond acceptors (Lipinski definition) is 4. The van der Waals surface area contributed by atoms with Gasteiger partial charge in [-0.3, -0.25) is 9.59 Å². The molecule has 26 heavy (non-hydrogen) atoms. The van der Waals surface area contributed by atoms with Crippen molar-refractivity contribution in [1.82, 2.24) is 10.3 Å². The Bertz CT molecular complexity index is 736. The first kappa shape index (κ1) is 18.7. The summed E-state index contributed by atoms with van der Waals surface area (Å²) in [4.78, 5) is 39.4. The Balaban J connectivity index is 1.71. The van der Waals surface area contributed by atoms with Gasteiger partial charge in [0.2, 0.25) is 5.91 Å². The quantitative estimate of drug-likeness (QED) is 0.603. The van der Waals surface area contributed by atoms with Crippen LogP contribution >= 0.6 is 0 Å². The monoisotopic (exact) mass is 360 g/mol. The molecule has 0 aromatic carbocycles. The highest BCUT2D eigenvalue weighted by atomic mass is 16.5. The highest BCUT2D eigenvalue weighted by Gasteiger charge is 2.42. The molecule has 2 aliphatic rings. The summed E-state index contributed by atoms with van der Waals surface area (Å²) in [6, 6.07) is 0.128. The smallest absolute Gasteiger partial charge is 0.339 e. The second-order valence-corrected chi connectivity index (χ2v) is 7.90. The Morgan fingerprint density at radius 3 is 2.54 bits per heavy atom. The number of aromatic amines is 1. The Labute approximate surface area is 154 Å². The topological polar surface area (TPSA) is 88.3 Å². The molecule has 2 N–H and O–H groups in total. The lowest BCUT2D eigenvalue weighted by molar-refractivity contribution is -0.121. The molecule has 0 spiro atoms. The standard InChI is InChI=1S/C20H28N2O4/c1-10-18(20(25)26-4)16(22-19(10)12(3)23)9-17(24)21-11(2)15-8-13-5-6-14(15)7-13/h11,13-15,22H,5-9H2,1-4H3,(H,21,24)/t11-,13-,14-,15+/m0/s1. The average Bonchev–Trinajstić information content (AvgIpc) is 3.28. The Morgan fingerprint density at radius 1 is 1.27 bits per heavy atom. The number of hydrogen-bond donors (Lipinski definition) is 2. The molecular weight excluding hydrogens is 332 g/mol. The van der Waals surface area contributed by atoms with Gasteiger partial charge >= 0.3 is 5.97 Å².